The molecular weight excluding hydrogens is 454 g/mol. The Morgan fingerprint density at radius 2 is 1.66 bits per heavy atom. The highest BCUT2D eigenvalue weighted by molar-refractivity contribution is 5.89. The van der Waals surface area contributed by atoms with Gasteiger partial charge in [-0.1, -0.05) is 50.6 Å². The number of amides is 3. The largest absolute Gasteiger partial charge is 0.480 e. The number of aliphatic carboxylic acids is 1. The zero-order chi connectivity index (χ0) is 26.4. The number of alkyl carbamates (subject to hydrolysis) is 2. The summed E-state index contributed by atoms with van der Waals surface area (Å²) in [5, 5.41) is 17.2. The molecule has 10 heteroatoms. The minimum absolute atomic E-state index is 0.162. The van der Waals surface area contributed by atoms with Crippen LogP contribution in [0.3, 0.4) is 0 Å². The lowest BCUT2D eigenvalue weighted by Gasteiger charge is -2.26. The molecule has 10 nitrogen and oxygen atoms in total. The Morgan fingerprint density at radius 3 is 2.23 bits per heavy atom. The number of carboxylic acid groups (broad SMARTS) is 1. The number of ether oxygens (including phenoxy) is 2. The SMILES string of the molecule is CC[C@H](C)[C@H](NC(=O)[C@H](CCCCNC(=O)OCc1ccccc1)NC(=O)OC(C)(C)C)C(=O)O. The van der Waals surface area contributed by atoms with E-state index in [0.717, 1.165) is 5.56 Å². The van der Waals surface area contributed by atoms with Crippen molar-refractivity contribution in [3.8, 4) is 0 Å². The van der Waals surface area contributed by atoms with E-state index in [2.05, 4.69) is 16.0 Å². The summed E-state index contributed by atoms with van der Waals surface area (Å²) < 4.78 is 10.4. The van der Waals surface area contributed by atoms with Gasteiger partial charge in [0.25, 0.3) is 0 Å². The topological polar surface area (TPSA) is 143 Å². The lowest BCUT2D eigenvalue weighted by atomic mass is 9.98. The van der Waals surface area contributed by atoms with E-state index in [9.17, 15) is 24.3 Å². The van der Waals surface area contributed by atoms with Crippen molar-refractivity contribution in [1.29, 1.82) is 0 Å². The van der Waals surface area contributed by atoms with Crippen LogP contribution in [-0.2, 0) is 25.7 Å². The maximum absolute atomic E-state index is 12.8. The molecule has 0 unspecified atom stereocenters. The minimum Gasteiger partial charge on any atom is -0.480 e. The quantitative estimate of drug-likeness (QED) is 0.308. The van der Waals surface area contributed by atoms with Crippen LogP contribution in [0, 0.1) is 5.92 Å². The molecule has 0 fully saturated rings. The fourth-order valence-corrected chi connectivity index (χ4v) is 3.09. The number of hydrogen-bond acceptors (Lipinski definition) is 6. The number of carbonyl (C=O) groups excluding carboxylic acids is 3. The molecule has 3 atom stereocenters. The molecule has 0 aromatic heterocycles. The molecule has 0 bridgehead atoms. The highest BCUT2D eigenvalue weighted by atomic mass is 16.6. The van der Waals surface area contributed by atoms with Gasteiger partial charge >= 0.3 is 18.2 Å². The summed E-state index contributed by atoms with van der Waals surface area (Å²) in [6.45, 7) is 9.16. The Balaban J connectivity index is 2.59. The first-order valence-corrected chi connectivity index (χ1v) is 11.9. The van der Waals surface area contributed by atoms with Crippen molar-refractivity contribution >= 4 is 24.1 Å². The van der Waals surface area contributed by atoms with Gasteiger partial charge in [-0.25, -0.2) is 14.4 Å². The normalized spacial score (nSPS) is 13.6. The maximum atomic E-state index is 12.8. The maximum Gasteiger partial charge on any atom is 0.408 e. The van der Waals surface area contributed by atoms with E-state index in [1.807, 2.05) is 37.3 Å². The van der Waals surface area contributed by atoms with E-state index in [-0.39, 0.29) is 18.9 Å². The third kappa shape index (κ3) is 12.7. The zero-order valence-corrected chi connectivity index (χ0v) is 21.3. The fourth-order valence-electron chi connectivity index (χ4n) is 3.09. The number of unbranched alkanes of at least 4 members (excludes halogenated alkanes) is 1. The highest BCUT2D eigenvalue weighted by Gasteiger charge is 2.30. The molecule has 0 heterocycles. The van der Waals surface area contributed by atoms with Gasteiger partial charge in [-0.2, -0.15) is 0 Å². The van der Waals surface area contributed by atoms with Crippen LogP contribution >= 0.6 is 0 Å². The van der Waals surface area contributed by atoms with Crippen LogP contribution in [0.2, 0.25) is 0 Å². The molecule has 3 amide bonds. The average Bonchev–Trinajstić information content (AvgIpc) is 2.78. The van der Waals surface area contributed by atoms with E-state index in [1.165, 1.54) is 0 Å². The molecule has 0 saturated carbocycles. The van der Waals surface area contributed by atoms with Crippen LogP contribution in [0.5, 0.6) is 0 Å². The summed E-state index contributed by atoms with van der Waals surface area (Å²) in [6, 6.07) is 7.24. The monoisotopic (exact) mass is 493 g/mol. The number of rotatable bonds is 13. The van der Waals surface area contributed by atoms with Crippen molar-refractivity contribution in [2.24, 2.45) is 5.92 Å². The van der Waals surface area contributed by atoms with Crippen LogP contribution in [0.15, 0.2) is 30.3 Å². The molecule has 196 valence electrons. The second-order valence-electron chi connectivity index (χ2n) is 9.39. The van der Waals surface area contributed by atoms with Crippen LogP contribution in [0.25, 0.3) is 0 Å². The summed E-state index contributed by atoms with van der Waals surface area (Å²) >= 11 is 0. The Labute approximate surface area is 207 Å². The molecule has 0 aliphatic heterocycles. The van der Waals surface area contributed by atoms with Gasteiger partial charge in [-0.15, -0.1) is 0 Å². The lowest BCUT2D eigenvalue weighted by Crippen LogP contribution is -2.54. The summed E-state index contributed by atoms with van der Waals surface area (Å²) in [5.41, 5.74) is 0.122. The Kier molecular flexibility index (Phi) is 12.6. The van der Waals surface area contributed by atoms with Crippen LogP contribution in [0.4, 0.5) is 9.59 Å². The first-order valence-electron chi connectivity index (χ1n) is 11.9. The van der Waals surface area contributed by atoms with Gasteiger partial charge in [-0.05, 0) is 51.5 Å². The predicted molar refractivity (Wildman–Crippen MR) is 131 cm³/mol. The third-order valence-corrected chi connectivity index (χ3v) is 5.19. The van der Waals surface area contributed by atoms with Crippen molar-refractivity contribution in [2.75, 3.05) is 6.54 Å². The first kappa shape index (κ1) is 29.7. The van der Waals surface area contributed by atoms with E-state index in [4.69, 9.17) is 9.47 Å². The number of carbonyl (C=O) groups is 4. The van der Waals surface area contributed by atoms with Crippen molar-refractivity contribution in [2.45, 2.75) is 84.6 Å². The second kappa shape index (κ2) is 14.9. The van der Waals surface area contributed by atoms with E-state index < -0.39 is 41.7 Å². The van der Waals surface area contributed by atoms with E-state index in [0.29, 0.717) is 25.8 Å². The van der Waals surface area contributed by atoms with Crippen LogP contribution < -0.4 is 16.0 Å². The number of carboxylic acids is 1. The summed E-state index contributed by atoms with van der Waals surface area (Å²) in [6.07, 6.45) is 0.483. The number of nitrogens with one attached hydrogen (secondary N) is 3. The Morgan fingerprint density at radius 1 is 1.00 bits per heavy atom. The van der Waals surface area contributed by atoms with Gasteiger partial charge in [0, 0.05) is 6.54 Å². The molecule has 4 N–H and O–H groups in total. The molecule has 35 heavy (non-hydrogen) atoms. The van der Waals surface area contributed by atoms with Gasteiger partial charge in [0.15, 0.2) is 0 Å². The van der Waals surface area contributed by atoms with Crippen molar-refractivity contribution in [3.05, 3.63) is 35.9 Å². The van der Waals surface area contributed by atoms with Crippen molar-refractivity contribution < 1.29 is 33.8 Å². The van der Waals surface area contributed by atoms with E-state index >= 15 is 0 Å². The highest BCUT2D eigenvalue weighted by Crippen LogP contribution is 2.11. The van der Waals surface area contributed by atoms with Gasteiger partial charge in [0.05, 0.1) is 0 Å². The Bertz CT molecular complexity index is 824. The number of benzene rings is 1. The average molecular weight is 494 g/mol. The van der Waals surface area contributed by atoms with Gasteiger partial charge < -0.3 is 30.5 Å². The van der Waals surface area contributed by atoms with Gasteiger partial charge in [0.1, 0.15) is 24.3 Å². The summed E-state index contributed by atoms with van der Waals surface area (Å²) in [7, 11) is 0. The predicted octanol–water partition coefficient (Wildman–Crippen LogP) is 3.59. The summed E-state index contributed by atoms with van der Waals surface area (Å²) in [4.78, 5) is 48.5. The Hall–Kier alpha value is -3.30. The molecule has 0 spiro atoms. The molecule has 1 aromatic carbocycles. The fraction of sp³-hybridized carbons (Fsp3) is 0.600. The first-order chi connectivity index (χ1) is 16.4. The minimum atomic E-state index is -1.14. The molecule has 1 rings (SSSR count). The molecule has 0 radical (unpaired) electrons. The number of hydrogen-bond donors (Lipinski definition) is 4. The molecule has 0 saturated heterocycles. The van der Waals surface area contributed by atoms with Crippen LogP contribution in [-0.4, -0.2) is 53.4 Å². The zero-order valence-electron chi connectivity index (χ0n) is 21.3. The standard InChI is InChI=1S/C25H39N3O7/c1-6-17(2)20(22(30)31)28-21(29)19(27-24(33)35-25(3,4)5)14-10-11-15-26-23(32)34-16-18-12-8-7-9-13-18/h7-9,12-13,17,19-20H,6,10-11,14-16H2,1-5H3,(H,26,32)(H,27,33)(H,28,29)(H,30,31)/t17-,19-,20-/m0/s1. The van der Waals surface area contributed by atoms with Crippen LogP contribution in [0.1, 0.15) is 65.9 Å². The lowest BCUT2D eigenvalue weighted by molar-refractivity contribution is -0.143. The molecule has 0 aliphatic carbocycles. The van der Waals surface area contributed by atoms with Crippen molar-refractivity contribution in [3.63, 3.8) is 0 Å². The second-order valence-corrected chi connectivity index (χ2v) is 9.39. The summed E-state index contributed by atoms with van der Waals surface area (Å²) in [5.74, 6) is -2.02. The van der Waals surface area contributed by atoms with E-state index in [1.54, 1.807) is 27.7 Å². The molecular formula is C25H39N3O7. The third-order valence-electron chi connectivity index (χ3n) is 5.19. The van der Waals surface area contributed by atoms with Gasteiger partial charge in [0.2, 0.25) is 5.91 Å². The smallest absolute Gasteiger partial charge is 0.408 e. The molecule has 0 aliphatic rings. The van der Waals surface area contributed by atoms with Gasteiger partial charge in [-0.3, -0.25) is 4.79 Å². The molecule has 1 aromatic rings. The van der Waals surface area contributed by atoms with Crippen molar-refractivity contribution in [1.82, 2.24) is 16.0 Å².